The van der Waals surface area contributed by atoms with Crippen molar-refractivity contribution >= 4 is 22.6 Å². The molecule has 0 bridgehead atoms. The lowest BCUT2D eigenvalue weighted by atomic mass is 10.1. The SMILES string of the molecule is Cc1ccccc1C(=O)Nc1ccc2c(c1)[nH]c(=O)n2C. The van der Waals surface area contributed by atoms with Crippen molar-refractivity contribution in [2.75, 3.05) is 5.32 Å². The third-order valence-electron chi connectivity index (χ3n) is 3.55. The molecular weight excluding hydrogens is 266 g/mol. The van der Waals surface area contributed by atoms with Crippen molar-refractivity contribution in [2.24, 2.45) is 7.05 Å². The molecule has 0 radical (unpaired) electrons. The van der Waals surface area contributed by atoms with Crippen LogP contribution in [0.2, 0.25) is 0 Å². The zero-order valence-electron chi connectivity index (χ0n) is 11.8. The van der Waals surface area contributed by atoms with E-state index in [4.69, 9.17) is 0 Å². The molecule has 106 valence electrons. The summed E-state index contributed by atoms with van der Waals surface area (Å²) >= 11 is 0. The number of aryl methyl sites for hydroxylation is 2. The number of H-pyrrole nitrogens is 1. The Balaban J connectivity index is 1.93. The lowest BCUT2D eigenvalue weighted by molar-refractivity contribution is 0.102. The summed E-state index contributed by atoms with van der Waals surface area (Å²) in [6, 6.07) is 12.8. The van der Waals surface area contributed by atoms with Crippen molar-refractivity contribution < 1.29 is 4.79 Å². The quantitative estimate of drug-likeness (QED) is 0.757. The molecule has 0 saturated carbocycles. The molecule has 0 fully saturated rings. The van der Waals surface area contributed by atoms with Gasteiger partial charge in [-0.3, -0.25) is 9.36 Å². The van der Waals surface area contributed by atoms with E-state index in [1.165, 1.54) is 4.57 Å². The fourth-order valence-electron chi connectivity index (χ4n) is 2.34. The number of carbonyl (C=O) groups excluding carboxylic acids is 1. The van der Waals surface area contributed by atoms with E-state index in [0.717, 1.165) is 11.1 Å². The van der Waals surface area contributed by atoms with Crippen LogP contribution in [0.3, 0.4) is 0 Å². The Morgan fingerprint density at radius 2 is 1.95 bits per heavy atom. The summed E-state index contributed by atoms with van der Waals surface area (Å²) in [7, 11) is 1.70. The van der Waals surface area contributed by atoms with Crippen LogP contribution in [0, 0.1) is 6.92 Å². The van der Waals surface area contributed by atoms with Crippen molar-refractivity contribution in [2.45, 2.75) is 6.92 Å². The maximum Gasteiger partial charge on any atom is 0.326 e. The van der Waals surface area contributed by atoms with E-state index in [1.807, 2.05) is 25.1 Å². The number of aromatic amines is 1. The van der Waals surface area contributed by atoms with Gasteiger partial charge in [0, 0.05) is 18.3 Å². The second-order valence-electron chi connectivity index (χ2n) is 4.99. The number of imidazole rings is 1. The van der Waals surface area contributed by atoms with E-state index in [9.17, 15) is 9.59 Å². The number of hydrogen-bond acceptors (Lipinski definition) is 2. The molecule has 0 spiro atoms. The molecule has 3 rings (SSSR count). The summed E-state index contributed by atoms with van der Waals surface area (Å²) in [6.07, 6.45) is 0. The van der Waals surface area contributed by atoms with Crippen LogP contribution in [0.4, 0.5) is 5.69 Å². The van der Waals surface area contributed by atoms with Crippen LogP contribution in [-0.4, -0.2) is 15.5 Å². The predicted octanol–water partition coefficient (Wildman–Crippen LogP) is 2.43. The van der Waals surface area contributed by atoms with Crippen LogP contribution >= 0.6 is 0 Å². The Kier molecular flexibility index (Phi) is 3.10. The highest BCUT2D eigenvalue weighted by Crippen LogP contribution is 2.17. The molecule has 0 aliphatic heterocycles. The fraction of sp³-hybridized carbons (Fsp3) is 0.125. The Morgan fingerprint density at radius 3 is 2.71 bits per heavy atom. The molecule has 1 aromatic heterocycles. The minimum atomic E-state index is -0.174. The molecule has 2 N–H and O–H groups in total. The highest BCUT2D eigenvalue weighted by atomic mass is 16.2. The van der Waals surface area contributed by atoms with Crippen molar-refractivity contribution in [1.29, 1.82) is 0 Å². The van der Waals surface area contributed by atoms with Crippen LogP contribution in [0.5, 0.6) is 0 Å². The van der Waals surface area contributed by atoms with E-state index >= 15 is 0 Å². The number of amides is 1. The topological polar surface area (TPSA) is 66.9 Å². The van der Waals surface area contributed by atoms with Crippen LogP contribution in [0.25, 0.3) is 11.0 Å². The third kappa shape index (κ3) is 2.33. The highest BCUT2D eigenvalue weighted by Gasteiger charge is 2.10. The van der Waals surface area contributed by atoms with Crippen molar-refractivity contribution in [3.8, 4) is 0 Å². The smallest absolute Gasteiger partial charge is 0.322 e. The molecule has 0 aliphatic rings. The second kappa shape index (κ2) is 4.94. The fourth-order valence-corrected chi connectivity index (χ4v) is 2.34. The van der Waals surface area contributed by atoms with Gasteiger partial charge in [0.05, 0.1) is 11.0 Å². The Hall–Kier alpha value is -2.82. The van der Waals surface area contributed by atoms with Gasteiger partial charge in [0.25, 0.3) is 5.91 Å². The summed E-state index contributed by atoms with van der Waals surface area (Å²) < 4.78 is 1.53. The van der Waals surface area contributed by atoms with E-state index in [2.05, 4.69) is 10.3 Å². The van der Waals surface area contributed by atoms with Gasteiger partial charge in [-0.15, -0.1) is 0 Å². The molecule has 5 nitrogen and oxygen atoms in total. The molecule has 2 aromatic carbocycles. The van der Waals surface area contributed by atoms with E-state index in [-0.39, 0.29) is 11.6 Å². The molecule has 3 aromatic rings. The number of benzene rings is 2. The Labute approximate surface area is 121 Å². The monoisotopic (exact) mass is 281 g/mol. The Morgan fingerprint density at radius 1 is 1.19 bits per heavy atom. The van der Waals surface area contributed by atoms with Gasteiger partial charge < -0.3 is 10.3 Å². The number of nitrogens with zero attached hydrogens (tertiary/aromatic N) is 1. The average molecular weight is 281 g/mol. The summed E-state index contributed by atoms with van der Waals surface area (Å²) in [6.45, 7) is 1.90. The maximum absolute atomic E-state index is 12.3. The summed E-state index contributed by atoms with van der Waals surface area (Å²) in [5, 5.41) is 2.85. The summed E-state index contributed by atoms with van der Waals surface area (Å²) in [4.78, 5) is 26.6. The summed E-state index contributed by atoms with van der Waals surface area (Å²) in [5.74, 6) is -0.161. The maximum atomic E-state index is 12.3. The average Bonchev–Trinajstić information content (AvgIpc) is 2.74. The first kappa shape index (κ1) is 13.2. The predicted molar refractivity (Wildman–Crippen MR) is 82.7 cm³/mol. The van der Waals surface area contributed by atoms with Crippen LogP contribution in [0.15, 0.2) is 47.3 Å². The molecule has 0 unspecified atom stereocenters. The minimum Gasteiger partial charge on any atom is -0.322 e. The van der Waals surface area contributed by atoms with Crippen molar-refractivity contribution in [3.05, 3.63) is 64.1 Å². The first-order valence-corrected chi connectivity index (χ1v) is 6.62. The zero-order valence-corrected chi connectivity index (χ0v) is 11.8. The highest BCUT2D eigenvalue weighted by molar-refractivity contribution is 6.05. The number of aromatic nitrogens is 2. The molecule has 1 amide bonds. The number of fused-ring (bicyclic) bond motifs is 1. The number of nitrogens with one attached hydrogen (secondary N) is 2. The van der Waals surface area contributed by atoms with Crippen molar-refractivity contribution in [1.82, 2.24) is 9.55 Å². The third-order valence-corrected chi connectivity index (χ3v) is 3.55. The normalized spacial score (nSPS) is 10.8. The lowest BCUT2D eigenvalue weighted by Gasteiger charge is -2.07. The van der Waals surface area contributed by atoms with E-state index < -0.39 is 0 Å². The zero-order chi connectivity index (χ0) is 15.0. The molecule has 1 heterocycles. The van der Waals surface area contributed by atoms with Crippen LogP contribution in [-0.2, 0) is 7.05 Å². The summed E-state index contributed by atoms with van der Waals surface area (Å²) in [5.41, 5.74) is 3.53. The molecule has 0 saturated heterocycles. The van der Waals surface area contributed by atoms with Gasteiger partial charge >= 0.3 is 5.69 Å². The lowest BCUT2D eigenvalue weighted by Crippen LogP contribution is -2.13. The standard InChI is InChI=1S/C16H15N3O2/c1-10-5-3-4-6-12(10)15(20)17-11-7-8-14-13(9-11)18-16(21)19(14)2/h3-9H,1-2H3,(H,17,20)(H,18,21). The molecule has 0 atom stereocenters. The van der Waals surface area contributed by atoms with Gasteiger partial charge in [-0.05, 0) is 36.8 Å². The number of anilines is 1. The van der Waals surface area contributed by atoms with E-state index in [1.54, 1.807) is 31.3 Å². The molecule has 21 heavy (non-hydrogen) atoms. The molecule has 0 aliphatic carbocycles. The van der Waals surface area contributed by atoms with Gasteiger partial charge in [0.1, 0.15) is 0 Å². The van der Waals surface area contributed by atoms with Crippen LogP contribution in [0.1, 0.15) is 15.9 Å². The van der Waals surface area contributed by atoms with Gasteiger partial charge in [0.2, 0.25) is 0 Å². The number of carbonyl (C=O) groups is 1. The largest absolute Gasteiger partial charge is 0.326 e. The number of rotatable bonds is 2. The minimum absolute atomic E-state index is 0.161. The number of hydrogen-bond donors (Lipinski definition) is 2. The van der Waals surface area contributed by atoms with Gasteiger partial charge in [-0.25, -0.2) is 4.79 Å². The molecular formula is C16H15N3O2. The van der Waals surface area contributed by atoms with Gasteiger partial charge in [-0.2, -0.15) is 0 Å². The van der Waals surface area contributed by atoms with Gasteiger partial charge in [-0.1, -0.05) is 18.2 Å². The Bertz CT molecular complexity index is 890. The van der Waals surface area contributed by atoms with E-state index in [0.29, 0.717) is 16.8 Å². The van der Waals surface area contributed by atoms with Crippen LogP contribution < -0.4 is 11.0 Å². The second-order valence-corrected chi connectivity index (χ2v) is 4.99. The first-order chi connectivity index (χ1) is 10.1. The first-order valence-electron chi connectivity index (χ1n) is 6.62. The van der Waals surface area contributed by atoms with Crippen molar-refractivity contribution in [3.63, 3.8) is 0 Å². The van der Waals surface area contributed by atoms with Gasteiger partial charge in [0.15, 0.2) is 0 Å². The molecule has 5 heteroatoms.